The molecule has 0 radical (unpaired) electrons. The van der Waals surface area contributed by atoms with Crippen LogP contribution in [0.3, 0.4) is 0 Å². The Balaban J connectivity index is 2.42. The lowest BCUT2D eigenvalue weighted by Crippen LogP contribution is -2.04. The predicted molar refractivity (Wildman–Crippen MR) is 42.8 cm³/mol. The fourth-order valence-corrected chi connectivity index (χ4v) is 0.937. The van der Waals surface area contributed by atoms with E-state index in [-0.39, 0.29) is 0 Å². The Hall–Kier alpha value is -0.710. The first-order valence-electron chi connectivity index (χ1n) is 2.97. The Morgan fingerprint density at radius 3 is 3.10 bits per heavy atom. The van der Waals surface area contributed by atoms with Crippen molar-refractivity contribution in [2.75, 3.05) is 17.7 Å². The van der Waals surface area contributed by atoms with Crippen LogP contribution < -0.4 is 5.73 Å². The number of nitrogens with zero attached hydrogens (tertiary/aromatic N) is 3. The normalized spacial score (nSPS) is 10.1. The van der Waals surface area contributed by atoms with Gasteiger partial charge in [-0.25, -0.2) is 0 Å². The number of hydrogen-bond acceptors (Lipinski definition) is 4. The highest BCUT2D eigenvalue weighted by Crippen LogP contribution is 1.95. The second kappa shape index (κ2) is 3.46. The first kappa shape index (κ1) is 7.40. The molecular formula is C5H10N4S. The Labute approximate surface area is 63.8 Å². The van der Waals surface area contributed by atoms with Crippen molar-refractivity contribution in [3.05, 3.63) is 6.20 Å². The summed E-state index contributed by atoms with van der Waals surface area (Å²) in [5, 5.41) is 7.84. The number of aromatic nitrogens is 3. The van der Waals surface area contributed by atoms with E-state index in [0.717, 1.165) is 12.3 Å². The molecule has 0 unspecified atom stereocenters. The van der Waals surface area contributed by atoms with E-state index in [1.807, 2.05) is 6.26 Å². The molecule has 0 spiro atoms. The predicted octanol–water partition coefficient (Wildman–Crippen LogP) is 0.223. The zero-order valence-electron chi connectivity index (χ0n) is 5.82. The molecule has 0 aliphatic heterocycles. The second-order valence-electron chi connectivity index (χ2n) is 1.86. The summed E-state index contributed by atoms with van der Waals surface area (Å²) < 4.78 is 0. The summed E-state index contributed by atoms with van der Waals surface area (Å²) in [6.45, 7) is 0.832. The number of anilines is 1. The van der Waals surface area contributed by atoms with E-state index >= 15 is 0 Å². The zero-order valence-corrected chi connectivity index (χ0v) is 6.64. The topological polar surface area (TPSA) is 56.7 Å². The molecule has 0 aliphatic carbocycles. The van der Waals surface area contributed by atoms with E-state index < -0.39 is 0 Å². The van der Waals surface area contributed by atoms with Gasteiger partial charge in [-0.1, -0.05) is 0 Å². The maximum atomic E-state index is 5.35. The van der Waals surface area contributed by atoms with Crippen LogP contribution in [0.2, 0.25) is 0 Å². The molecule has 10 heavy (non-hydrogen) atoms. The Morgan fingerprint density at radius 2 is 2.60 bits per heavy atom. The fourth-order valence-electron chi connectivity index (χ4n) is 0.591. The van der Waals surface area contributed by atoms with Crippen LogP contribution in [0.4, 0.5) is 5.82 Å². The van der Waals surface area contributed by atoms with Crippen LogP contribution in [0.1, 0.15) is 0 Å². The summed E-state index contributed by atoms with van der Waals surface area (Å²) in [6.07, 6.45) is 3.60. The van der Waals surface area contributed by atoms with E-state index in [9.17, 15) is 0 Å². The molecule has 0 aliphatic rings. The molecule has 5 heteroatoms. The van der Waals surface area contributed by atoms with Gasteiger partial charge >= 0.3 is 0 Å². The minimum atomic E-state index is 0.487. The van der Waals surface area contributed by atoms with E-state index in [0.29, 0.717) is 5.82 Å². The Morgan fingerprint density at radius 1 is 1.80 bits per heavy atom. The van der Waals surface area contributed by atoms with Crippen molar-refractivity contribution in [2.24, 2.45) is 0 Å². The van der Waals surface area contributed by atoms with E-state index in [4.69, 9.17) is 5.73 Å². The van der Waals surface area contributed by atoms with Crippen molar-refractivity contribution < 1.29 is 0 Å². The molecule has 4 nitrogen and oxygen atoms in total. The first-order chi connectivity index (χ1) is 4.83. The van der Waals surface area contributed by atoms with Crippen LogP contribution in [0, 0.1) is 0 Å². The van der Waals surface area contributed by atoms with Crippen LogP contribution >= 0.6 is 11.8 Å². The Bertz CT molecular complexity index is 197. The average Bonchev–Trinajstić information content (AvgIpc) is 2.31. The summed E-state index contributed by atoms with van der Waals surface area (Å²) >= 11 is 1.76. The maximum absolute atomic E-state index is 5.35. The number of nitrogens with two attached hydrogens (primary N) is 1. The lowest BCUT2D eigenvalue weighted by molar-refractivity contribution is 0.577. The van der Waals surface area contributed by atoms with Crippen LogP contribution in [-0.2, 0) is 6.54 Å². The van der Waals surface area contributed by atoms with Gasteiger partial charge in [-0.05, 0) is 6.26 Å². The standard InChI is InChI=1S/C5H10N4S/c1-10-3-2-9-7-4-5(6)8-9/h4H,2-3H2,1H3,(H2,6,8). The summed E-state index contributed by atoms with van der Waals surface area (Å²) in [7, 11) is 0. The van der Waals surface area contributed by atoms with Crippen molar-refractivity contribution in [3.63, 3.8) is 0 Å². The van der Waals surface area contributed by atoms with E-state index in [2.05, 4.69) is 10.2 Å². The third-order valence-corrected chi connectivity index (χ3v) is 1.64. The summed E-state index contributed by atoms with van der Waals surface area (Å²) in [6, 6.07) is 0. The molecule has 0 aromatic carbocycles. The van der Waals surface area contributed by atoms with Gasteiger partial charge in [-0.2, -0.15) is 21.7 Å². The molecule has 1 aromatic heterocycles. The number of nitrogen functional groups attached to an aromatic ring is 1. The SMILES string of the molecule is CSCCn1ncc(N)n1. The highest BCUT2D eigenvalue weighted by molar-refractivity contribution is 7.98. The molecule has 0 saturated carbocycles. The van der Waals surface area contributed by atoms with Gasteiger partial charge in [0.15, 0.2) is 5.82 Å². The monoisotopic (exact) mass is 158 g/mol. The van der Waals surface area contributed by atoms with Crippen molar-refractivity contribution in [1.29, 1.82) is 0 Å². The molecule has 2 N–H and O–H groups in total. The van der Waals surface area contributed by atoms with E-state index in [1.165, 1.54) is 0 Å². The third-order valence-electron chi connectivity index (χ3n) is 1.05. The molecule has 1 rings (SSSR count). The summed E-state index contributed by atoms with van der Waals surface area (Å²) in [5.41, 5.74) is 5.35. The smallest absolute Gasteiger partial charge is 0.165 e. The fraction of sp³-hybridized carbons (Fsp3) is 0.600. The van der Waals surface area contributed by atoms with Crippen LogP contribution in [0.5, 0.6) is 0 Å². The number of aryl methyl sites for hydroxylation is 1. The van der Waals surface area contributed by atoms with Crippen molar-refractivity contribution in [3.8, 4) is 0 Å². The van der Waals surface area contributed by atoms with Crippen LogP contribution in [0.15, 0.2) is 6.20 Å². The molecule has 1 heterocycles. The molecule has 0 atom stereocenters. The van der Waals surface area contributed by atoms with Gasteiger partial charge < -0.3 is 5.73 Å². The van der Waals surface area contributed by atoms with Crippen molar-refractivity contribution in [1.82, 2.24) is 15.0 Å². The molecule has 0 amide bonds. The number of hydrogen-bond donors (Lipinski definition) is 1. The quantitative estimate of drug-likeness (QED) is 0.684. The molecule has 56 valence electrons. The lowest BCUT2D eigenvalue weighted by atomic mass is 10.8. The summed E-state index contributed by atoms with van der Waals surface area (Å²) in [4.78, 5) is 1.60. The first-order valence-corrected chi connectivity index (χ1v) is 4.37. The highest BCUT2D eigenvalue weighted by Gasteiger charge is 1.93. The largest absolute Gasteiger partial charge is 0.381 e. The van der Waals surface area contributed by atoms with Gasteiger partial charge in [0.2, 0.25) is 0 Å². The molecule has 0 bridgehead atoms. The number of rotatable bonds is 3. The maximum Gasteiger partial charge on any atom is 0.165 e. The minimum absolute atomic E-state index is 0.487. The minimum Gasteiger partial charge on any atom is -0.381 e. The highest BCUT2D eigenvalue weighted by atomic mass is 32.2. The summed E-state index contributed by atoms with van der Waals surface area (Å²) in [5.74, 6) is 1.51. The third kappa shape index (κ3) is 1.91. The van der Waals surface area contributed by atoms with Crippen LogP contribution in [-0.4, -0.2) is 27.0 Å². The lowest BCUT2D eigenvalue weighted by Gasteiger charge is -1.94. The average molecular weight is 158 g/mol. The van der Waals surface area contributed by atoms with Gasteiger partial charge in [0.1, 0.15) is 0 Å². The van der Waals surface area contributed by atoms with Gasteiger partial charge in [0, 0.05) is 5.75 Å². The molecule has 0 saturated heterocycles. The second-order valence-corrected chi connectivity index (χ2v) is 2.84. The molecule has 1 aromatic rings. The van der Waals surface area contributed by atoms with Gasteiger partial charge in [0.05, 0.1) is 12.7 Å². The van der Waals surface area contributed by atoms with Gasteiger partial charge in [-0.3, -0.25) is 0 Å². The van der Waals surface area contributed by atoms with Gasteiger partial charge in [0.25, 0.3) is 0 Å². The van der Waals surface area contributed by atoms with Gasteiger partial charge in [-0.15, -0.1) is 5.10 Å². The molecular weight excluding hydrogens is 148 g/mol. The number of thioether (sulfide) groups is 1. The van der Waals surface area contributed by atoms with Crippen molar-refractivity contribution >= 4 is 17.6 Å². The molecule has 0 fully saturated rings. The van der Waals surface area contributed by atoms with Crippen molar-refractivity contribution in [2.45, 2.75) is 6.54 Å². The van der Waals surface area contributed by atoms with E-state index in [1.54, 1.807) is 22.8 Å². The zero-order chi connectivity index (χ0) is 7.40. The van der Waals surface area contributed by atoms with Crippen LogP contribution in [0.25, 0.3) is 0 Å². The Kier molecular flexibility index (Phi) is 2.56.